The SMILES string of the molecule is O=S(=O)(Cl)c1cc(F)cc(F)c1OCc1ccc(Br)cc1. The van der Waals surface area contributed by atoms with Crippen LogP contribution in [0, 0.1) is 11.6 Å². The molecule has 0 aliphatic rings. The number of hydrogen-bond acceptors (Lipinski definition) is 3. The largest absolute Gasteiger partial charge is 0.484 e. The molecule has 2 rings (SSSR count). The first-order valence-corrected chi connectivity index (χ1v) is 8.68. The summed E-state index contributed by atoms with van der Waals surface area (Å²) in [4.78, 5) is -0.737. The molecule has 0 atom stereocenters. The van der Waals surface area contributed by atoms with E-state index in [1.54, 1.807) is 24.3 Å². The maximum atomic E-state index is 13.7. The van der Waals surface area contributed by atoms with E-state index in [1.807, 2.05) is 0 Å². The molecule has 3 nitrogen and oxygen atoms in total. The third-order valence-electron chi connectivity index (χ3n) is 2.53. The molecule has 0 unspecified atom stereocenters. The minimum Gasteiger partial charge on any atom is -0.484 e. The second kappa shape index (κ2) is 6.29. The molecule has 0 saturated heterocycles. The predicted octanol–water partition coefficient (Wildman–Crippen LogP) is 4.23. The van der Waals surface area contributed by atoms with Crippen molar-refractivity contribution in [1.82, 2.24) is 0 Å². The summed E-state index contributed by atoms with van der Waals surface area (Å²) >= 11 is 3.26. The topological polar surface area (TPSA) is 43.4 Å². The third-order valence-corrected chi connectivity index (χ3v) is 4.39. The molecule has 2 aromatic rings. The zero-order valence-corrected chi connectivity index (χ0v) is 13.5. The van der Waals surface area contributed by atoms with Gasteiger partial charge in [-0.25, -0.2) is 17.2 Å². The molecule has 0 fully saturated rings. The van der Waals surface area contributed by atoms with Crippen LogP contribution >= 0.6 is 26.6 Å². The van der Waals surface area contributed by atoms with Crippen LogP contribution < -0.4 is 4.74 Å². The highest BCUT2D eigenvalue weighted by Crippen LogP contribution is 2.31. The van der Waals surface area contributed by atoms with Crippen molar-refractivity contribution in [3.8, 4) is 5.75 Å². The van der Waals surface area contributed by atoms with Gasteiger partial charge in [0.15, 0.2) is 11.6 Å². The highest BCUT2D eigenvalue weighted by atomic mass is 79.9. The van der Waals surface area contributed by atoms with Gasteiger partial charge >= 0.3 is 0 Å². The minimum absolute atomic E-state index is 0.0881. The molecule has 0 spiro atoms. The standard InChI is InChI=1S/C13H8BrClF2O3S/c14-9-3-1-8(2-4-9)7-20-13-11(17)5-10(16)6-12(13)21(15,18)19/h1-6H,7H2. The van der Waals surface area contributed by atoms with Crippen molar-refractivity contribution in [2.45, 2.75) is 11.5 Å². The van der Waals surface area contributed by atoms with Crippen LogP contribution in [0.25, 0.3) is 0 Å². The van der Waals surface area contributed by atoms with Crippen molar-refractivity contribution < 1.29 is 21.9 Å². The van der Waals surface area contributed by atoms with Gasteiger partial charge in [0.2, 0.25) is 0 Å². The van der Waals surface area contributed by atoms with E-state index in [0.717, 1.165) is 4.47 Å². The molecule has 0 aliphatic heterocycles. The molecule has 0 bridgehead atoms. The van der Waals surface area contributed by atoms with Crippen LogP contribution in [0.15, 0.2) is 45.8 Å². The van der Waals surface area contributed by atoms with Gasteiger partial charge in [0.1, 0.15) is 17.3 Å². The molecule has 0 aliphatic carbocycles. The number of rotatable bonds is 4. The molecule has 0 amide bonds. The normalized spacial score (nSPS) is 11.4. The Labute approximate surface area is 133 Å². The lowest BCUT2D eigenvalue weighted by molar-refractivity contribution is 0.280. The van der Waals surface area contributed by atoms with Gasteiger partial charge < -0.3 is 4.74 Å². The summed E-state index contributed by atoms with van der Waals surface area (Å²) in [7, 11) is 0.833. The Morgan fingerprint density at radius 1 is 1.14 bits per heavy atom. The van der Waals surface area contributed by atoms with E-state index in [1.165, 1.54) is 0 Å². The van der Waals surface area contributed by atoms with Gasteiger partial charge in [-0.1, -0.05) is 28.1 Å². The predicted molar refractivity (Wildman–Crippen MR) is 77.9 cm³/mol. The molecule has 0 saturated carbocycles. The first kappa shape index (κ1) is 16.2. The lowest BCUT2D eigenvalue weighted by Gasteiger charge is -2.11. The summed E-state index contributed by atoms with van der Waals surface area (Å²) in [6.45, 7) is -0.0881. The van der Waals surface area contributed by atoms with Crippen molar-refractivity contribution in [3.63, 3.8) is 0 Å². The van der Waals surface area contributed by atoms with Gasteiger partial charge in [-0.05, 0) is 23.8 Å². The number of ether oxygens (including phenoxy) is 1. The van der Waals surface area contributed by atoms with Crippen molar-refractivity contribution in [3.05, 3.63) is 58.1 Å². The Kier molecular flexibility index (Phi) is 4.85. The van der Waals surface area contributed by atoms with Gasteiger partial charge in [0.05, 0.1) is 0 Å². The second-order valence-corrected chi connectivity index (χ2v) is 7.52. The molecular formula is C13H8BrClF2O3S. The zero-order valence-electron chi connectivity index (χ0n) is 10.3. The average molecular weight is 398 g/mol. The Hall–Kier alpha value is -1.18. The Balaban J connectivity index is 2.33. The van der Waals surface area contributed by atoms with Gasteiger partial charge in [-0.15, -0.1) is 0 Å². The highest BCUT2D eigenvalue weighted by molar-refractivity contribution is 9.10. The van der Waals surface area contributed by atoms with Crippen molar-refractivity contribution in [2.75, 3.05) is 0 Å². The van der Waals surface area contributed by atoms with Crippen LogP contribution in [0.3, 0.4) is 0 Å². The van der Waals surface area contributed by atoms with Crippen molar-refractivity contribution in [2.24, 2.45) is 0 Å². The van der Waals surface area contributed by atoms with Crippen LogP contribution in [0.2, 0.25) is 0 Å². The van der Waals surface area contributed by atoms with Gasteiger partial charge in [0, 0.05) is 21.2 Å². The van der Waals surface area contributed by atoms with E-state index < -0.39 is 31.3 Å². The van der Waals surface area contributed by atoms with E-state index in [9.17, 15) is 17.2 Å². The fourth-order valence-corrected chi connectivity index (χ4v) is 2.83. The molecule has 2 aromatic carbocycles. The zero-order chi connectivity index (χ0) is 15.6. The van der Waals surface area contributed by atoms with E-state index in [4.69, 9.17) is 15.4 Å². The summed E-state index contributed by atoms with van der Waals surface area (Å²) in [6.07, 6.45) is 0. The fourth-order valence-electron chi connectivity index (χ4n) is 1.59. The lowest BCUT2D eigenvalue weighted by atomic mass is 10.2. The second-order valence-electron chi connectivity index (χ2n) is 4.07. The van der Waals surface area contributed by atoms with Crippen molar-refractivity contribution >= 4 is 35.7 Å². The number of benzene rings is 2. The summed E-state index contributed by atoms with van der Waals surface area (Å²) in [5.41, 5.74) is 0.680. The maximum absolute atomic E-state index is 13.7. The lowest BCUT2D eigenvalue weighted by Crippen LogP contribution is -2.04. The number of halogens is 4. The summed E-state index contributed by atoms with van der Waals surface area (Å²) in [5, 5.41) is 0. The Morgan fingerprint density at radius 3 is 2.33 bits per heavy atom. The van der Waals surface area contributed by atoms with Crippen LogP contribution in [0.1, 0.15) is 5.56 Å². The first-order valence-electron chi connectivity index (χ1n) is 5.58. The van der Waals surface area contributed by atoms with Crippen LogP contribution in [0.5, 0.6) is 5.75 Å². The van der Waals surface area contributed by atoms with Gasteiger partial charge in [-0.2, -0.15) is 0 Å². The van der Waals surface area contributed by atoms with Crippen LogP contribution in [-0.2, 0) is 15.7 Å². The minimum atomic E-state index is -4.33. The summed E-state index contributed by atoms with van der Waals surface area (Å²) < 4.78 is 55.6. The molecule has 0 N–H and O–H groups in total. The van der Waals surface area contributed by atoms with E-state index in [-0.39, 0.29) is 6.61 Å². The van der Waals surface area contributed by atoms with E-state index >= 15 is 0 Å². The fraction of sp³-hybridized carbons (Fsp3) is 0.0769. The molecule has 112 valence electrons. The monoisotopic (exact) mass is 396 g/mol. The van der Waals surface area contributed by atoms with Gasteiger partial charge in [-0.3, -0.25) is 0 Å². The Bertz CT molecular complexity index is 764. The summed E-state index contributed by atoms with van der Waals surface area (Å²) in [5.74, 6) is -2.79. The molecule has 0 heterocycles. The molecular weight excluding hydrogens is 390 g/mol. The van der Waals surface area contributed by atoms with E-state index in [0.29, 0.717) is 17.7 Å². The van der Waals surface area contributed by atoms with E-state index in [2.05, 4.69) is 15.9 Å². The highest BCUT2D eigenvalue weighted by Gasteiger charge is 2.22. The quantitative estimate of drug-likeness (QED) is 0.725. The molecule has 8 heteroatoms. The number of hydrogen-bond donors (Lipinski definition) is 0. The van der Waals surface area contributed by atoms with Crippen molar-refractivity contribution in [1.29, 1.82) is 0 Å². The first-order chi connectivity index (χ1) is 9.77. The summed E-state index contributed by atoms with van der Waals surface area (Å²) in [6, 6.07) is 8.06. The maximum Gasteiger partial charge on any atom is 0.265 e. The van der Waals surface area contributed by atoms with Crippen LogP contribution in [-0.4, -0.2) is 8.42 Å². The molecule has 0 radical (unpaired) electrons. The Morgan fingerprint density at radius 2 is 1.76 bits per heavy atom. The third kappa shape index (κ3) is 4.15. The average Bonchev–Trinajstić information content (AvgIpc) is 2.38. The smallest absolute Gasteiger partial charge is 0.265 e. The molecule has 0 aromatic heterocycles. The van der Waals surface area contributed by atoms with Gasteiger partial charge in [0.25, 0.3) is 9.05 Å². The van der Waals surface area contributed by atoms with Crippen LogP contribution in [0.4, 0.5) is 8.78 Å². The molecule has 21 heavy (non-hydrogen) atoms.